The molecule has 1 aromatic rings. The van der Waals surface area contributed by atoms with Crippen LogP contribution < -0.4 is 0 Å². The van der Waals surface area contributed by atoms with E-state index in [1.165, 1.54) is 11.1 Å². The molecule has 1 aliphatic rings. The monoisotopic (exact) mass is 360 g/mol. The number of hydrogen-bond donors (Lipinski definition) is 0. The van der Waals surface area contributed by atoms with E-state index in [4.69, 9.17) is 30.3 Å². The van der Waals surface area contributed by atoms with E-state index in [0.717, 1.165) is 13.0 Å². The van der Waals surface area contributed by atoms with Crippen LogP contribution in [0.15, 0.2) is 24.3 Å². The number of aryl methyl sites for hydroxylation is 1. The number of alkyl halides is 1. The van der Waals surface area contributed by atoms with Crippen LogP contribution in [0.25, 0.3) is 0 Å². The van der Waals surface area contributed by atoms with Crippen LogP contribution in [0.2, 0.25) is 0 Å². The second-order valence-corrected chi connectivity index (χ2v) is 4.87. The molecule has 0 aromatic heterocycles. The van der Waals surface area contributed by atoms with E-state index in [9.17, 15) is 0 Å². The molecule has 118 valence electrons. The average molecular weight is 361 g/mol. The largest absolute Gasteiger partial charge is 0 e. The predicted octanol–water partition coefficient (Wildman–Crippen LogP) is 3.58. The summed E-state index contributed by atoms with van der Waals surface area (Å²) in [6.07, 6.45) is 1.13. The molecule has 4 nitrogen and oxygen atoms in total. The van der Waals surface area contributed by atoms with Crippen molar-refractivity contribution >= 4 is 11.6 Å². The number of halogens is 1. The molecule has 22 heavy (non-hydrogen) atoms. The molecule has 0 spiro atoms. The number of rotatable bonds is 1. The van der Waals surface area contributed by atoms with Gasteiger partial charge in [-0.15, -0.1) is 11.6 Å². The second kappa shape index (κ2) is 16.6. The summed E-state index contributed by atoms with van der Waals surface area (Å²) < 4.78 is 28.3. The maximum absolute atomic E-state index is 7.50. The molecule has 1 heterocycles. The molecule has 2 rings (SSSR count). The van der Waals surface area contributed by atoms with E-state index in [1.54, 1.807) is 0 Å². The van der Waals surface area contributed by atoms with Crippen LogP contribution >= 0.6 is 11.6 Å². The summed E-state index contributed by atoms with van der Waals surface area (Å²) in [6.45, 7) is 18.6. The van der Waals surface area contributed by atoms with Crippen LogP contribution in [0.3, 0.4) is 0 Å². The zero-order valence-corrected chi connectivity index (χ0v) is 14.4. The van der Waals surface area contributed by atoms with Gasteiger partial charge in [0, 0.05) is 35.3 Å². The van der Waals surface area contributed by atoms with Crippen LogP contribution in [0.4, 0.5) is 0 Å². The van der Waals surface area contributed by atoms with Crippen molar-refractivity contribution < 1.29 is 36.1 Å². The van der Waals surface area contributed by atoms with Crippen LogP contribution in [0.1, 0.15) is 30.6 Å². The Balaban J connectivity index is -0.000000463. The first-order valence-corrected chi connectivity index (χ1v) is 6.56. The van der Waals surface area contributed by atoms with E-state index in [1.807, 2.05) is 0 Å². The third kappa shape index (κ3) is 8.01. The summed E-state index contributed by atoms with van der Waals surface area (Å²) in [5.41, 5.74) is 2.58. The predicted molar refractivity (Wildman–Crippen MR) is 75.1 cm³/mol. The molecule has 3 atom stereocenters. The van der Waals surface area contributed by atoms with E-state index in [2.05, 4.69) is 58.1 Å². The maximum atomic E-state index is 7.50. The molecule has 1 fully saturated rings. The van der Waals surface area contributed by atoms with Gasteiger partial charge in [-0.3, -0.25) is 0 Å². The van der Waals surface area contributed by atoms with Crippen LogP contribution in [-0.2, 0) is 36.1 Å². The van der Waals surface area contributed by atoms with Crippen LogP contribution in [-0.4, -0.2) is 12.0 Å². The molecule has 1 aliphatic heterocycles. The Bertz CT molecular complexity index is 445. The molecule has 0 amide bonds. The van der Waals surface area contributed by atoms with E-state index in [-0.39, 0.29) is 28.8 Å². The number of ether oxygens (including phenoxy) is 1. The van der Waals surface area contributed by atoms with Gasteiger partial charge in [0.15, 0.2) is 0 Å². The Hall–Kier alpha value is -0.778. The molecule has 1 saturated heterocycles. The minimum absolute atomic E-state index is 0. The normalized spacial score (nSPS) is 21.8. The molecular formula is C16H17ClCrO4. The summed E-state index contributed by atoms with van der Waals surface area (Å²) >= 11 is 6.28. The standard InChI is InChI=1S/C13H17ClO.3CO.Cr/c1-9-5-3-4-6-11(9)13-10(2)12(14)7-8-15-13;3*1-2;/h3-6,10,12-13H,7-8H2,1-2H3;;;;/t10-,12-,13+;;;;/m0..../s1. The van der Waals surface area contributed by atoms with Gasteiger partial charge in [0.2, 0.25) is 0 Å². The van der Waals surface area contributed by atoms with Gasteiger partial charge in [0.05, 0.1) is 6.10 Å². The van der Waals surface area contributed by atoms with E-state index >= 15 is 0 Å². The SMILES string of the molecule is Cc1ccccc1[C@@H]1OCC[C@H](Cl)[C@@H]1C.[C-]#[O+].[C-]#[O+].[C-]#[O+].[Cr]. The van der Waals surface area contributed by atoms with Crippen molar-refractivity contribution in [2.24, 2.45) is 5.92 Å². The fourth-order valence-electron chi connectivity index (χ4n) is 2.19. The Kier molecular flexibility index (Phi) is 19.7. The van der Waals surface area contributed by atoms with Gasteiger partial charge in [0.25, 0.3) is 0 Å². The van der Waals surface area contributed by atoms with Crippen molar-refractivity contribution in [2.45, 2.75) is 31.7 Å². The van der Waals surface area contributed by atoms with Gasteiger partial charge in [-0.05, 0) is 24.5 Å². The Morgan fingerprint density at radius 2 is 1.59 bits per heavy atom. The number of hydrogen-bond acceptors (Lipinski definition) is 1. The Labute approximate surface area is 147 Å². The zero-order valence-electron chi connectivity index (χ0n) is 12.4. The third-order valence-corrected chi connectivity index (χ3v) is 3.85. The van der Waals surface area contributed by atoms with Gasteiger partial charge in [0.1, 0.15) is 0 Å². The van der Waals surface area contributed by atoms with Crippen LogP contribution in [0.5, 0.6) is 0 Å². The summed E-state index contributed by atoms with van der Waals surface area (Å²) in [6, 6.07) is 8.40. The van der Waals surface area contributed by atoms with Crippen molar-refractivity contribution in [3.8, 4) is 0 Å². The molecule has 0 bridgehead atoms. The van der Waals surface area contributed by atoms with Crippen molar-refractivity contribution in [3.63, 3.8) is 0 Å². The smallest absolute Gasteiger partial charge is 0 e. The summed E-state index contributed by atoms with van der Waals surface area (Å²) in [5, 5.41) is 0.239. The quantitative estimate of drug-likeness (QED) is 0.428. The second-order valence-electron chi connectivity index (χ2n) is 4.31. The molecule has 0 N–H and O–H groups in total. The van der Waals surface area contributed by atoms with Gasteiger partial charge in [-0.2, -0.15) is 0 Å². The van der Waals surface area contributed by atoms with Gasteiger partial charge < -0.3 is 4.74 Å². The van der Waals surface area contributed by atoms with Crippen molar-refractivity contribution in [2.75, 3.05) is 6.61 Å². The topological polar surface area (TPSA) is 68.9 Å². The first-order valence-electron chi connectivity index (χ1n) is 6.12. The van der Waals surface area contributed by atoms with Crippen molar-refractivity contribution in [1.82, 2.24) is 0 Å². The van der Waals surface area contributed by atoms with E-state index in [0.29, 0.717) is 5.92 Å². The van der Waals surface area contributed by atoms with Crippen LogP contribution in [0, 0.1) is 32.8 Å². The summed E-state index contributed by atoms with van der Waals surface area (Å²) in [4.78, 5) is 0. The first kappa shape index (κ1) is 26.1. The van der Waals surface area contributed by atoms with Crippen molar-refractivity contribution in [3.05, 3.63) is 55.3 Å². The van der Waals surface area contributed by atoms with Gasteiger partial charge >= 0.3 is 33.9 Å². The van der Waals surface area contributed by atoms with Crippen molar-refractivity contribution in [1.29, 1.82) is 0 Å². The first-order chi connectivity index (χ1) is 10.2. The molecule has 0 unspecified atom stereocenters. The van der Waals surface area contributed by atoms with Gasteiger partial charge in [-0.25, -0.2) is 0 Å². The molecule has 0 aliphatic carbocycles. The maximum Gasteiger partial charge on any atom is 0 e. The van der Waals surface area contributed by atoms with E-state index < -0.39 is 0 Å². The Morgan fingerprint density at radius 1 is 1.09 bits per heavy atom. The molecule has 1 aromatic carbocycles. The third-order valence-electron chi connectivity index (χ3n) is 3.23. The molecule has 0 saturated carbocycles. The summed E-state index contributed by atoms with van der Waals surface area (Å²) in [5.74, 6) is 0.390. The molecule has 6 heteroatoms. The minimum Gasteiger partial charge on any atom is 0 e. The number of benzene rings is 1. The fraction of sp³-hybridized carbons (Fsp3) is 0.438. The Morgan fingerprint density at radius 3 is 2.09 bits per heavy atom. The van der Waals surface area contributed by atoms with Gasteiger partial charge in [-0.1, -0.05) is 31.2 Å². The molecule has 0 radical (unpaired) electrons. The molecular weight excluding hydrogens is 344 g/mol. The fourth-order valence-corrected chi connectivity index (χ4v) is 2.41. The summed E-state index contributed by atoms with van der Waals surface area (Å²) in [7, 11) is 0. The average Bonchev–Trinajstić information content (AvgIpc) is 2.57. The zero-order chi connectivity index (χ0) is 16.8. The minimum atomic E-state index is 0.